The maximum Gasteiger partial charge on any atom is 0.338 e. The van der Waals surface area contributed by atoms with Gasteiger partial charge >= 0.3 is 5.97 Å². The third-order valence-electron chi connectivity index (χ3n) is 3.90. The average Bonchev–Trinajstić information content (AvgIpc) is 2.68. The van der Waals surface area contributed by atoms with Crippen molar-refractivity contribution in [3.05, 3.63) is 59.9 Å². The molecule has 0 saturated heterocycles. The molecule has 9 heteroatoms. The summed E-state index contributed by atoms with van der Waals surface area (Å²) in [6.07, 6.45) is 0. The van der Waals surface area contributed by atoms with Gasteiger partial charge in [0.25, 0.3) is 5.91 Å². The van der Waals surface area contributed by atoms with Crippen LogP contribution < -0.4 is 5.32 Å². The fraction of sp³-hybridized carbons (Fsp3) is 0.263. The second-order valence-electron chi connectivity index (χ2n) is 5.72. The van der Waals surface area contributed by atoms with Gasteiger partial charge in [0.15, 0.2) is 6.61 Å². The number of carbonyl (C=O) groups is 2. The topological polar surface area (TPSA) is 92.8 Å². The lowest BCUT2D eigenvalue weighted by Gasteiger charge is -2.18. The van der Waals surface area contributed by atoms with Crippen molar-refractivity contribution in [2.24, 2.45) is 0 Å². The molecule has 150 valence electrons. The third kappa shape index (κ3) is 5.14. The first-order valence-corrected chi connectivity index (χ1v) is 10.0. The van der Waals surface area contributed by atoms with Crippen molar-refractivity contribution >= 4 is 27.6 Å². The lowest BCUT2D eigenvalue weighted by molar-refractivity contribution is -0.119. The van der Waals surface area contributed by atoms with Gasteiger partial charge in [-0.05, 0) is 30.3 Å². The number of halogens is 1. The molecule has 0 saturated carbocycles. The molecule has 0 unspecified atom stereocenters. The zero-order valence-electron chi connectivity index (χ0n) is 15.5. The fourth-order valence-corrected chi connectivity index (χ4v) is 3.96. The number of anilines is 1. The SMILES string of the molecule is CCN(CC)S(=O)(=O)c1cccc(C(=O)OCC(=O)Nc2ccccc2F)c1. The van der Waals surface area contributed by atoms with Gasteiger partial charge in [-0.1, -0.05) is 32.0 Å². The Morgan fingerprint density at radius 3 is 2.39 bits per heavy atom. The molecular formula is C19H21FN2O5S. The Balaban J connectivity index is 2.05. The Hall–Kier alpha value is -2.78. The van der Waals surface area contributed by atoms with Crippen LogP contribution in [0.3, 0.4) is 0 Å². The summed E-state index contributed by atoms with van der Waals surface area (Å²) < 4.78 is 44.8. The predicted octanol–water partition coefficient (Wildman–Crippen LogP) is 2.65. The lowest BCUT2D eigenvalue weighted by atomic mass is 10.2. The molecule has 7 nitrogen and oxygen atoms in total. The molecule has 0 radical (unpaired) electrons. The van der Waals surface area contributed by atoms with Crippen LogP contribution in [0.5, 0.6) is 0 Å². The van der Waals surface area contributed by atoms with Crippen LogP contribution in [0.15, 0.2) is 53.4 Å². The molecule has 2 rings (SSSR count). The molecule has 0 fully saturated rings. The van der Waals surface area contributed by atoms with E-state index in [-0.39, 0.29) is 16.1 Å². The lowest BCUT2D eigenvalue weighted by Crippen LogP contribution is -2.30. The van der Waals surface area contributed by atoms with Crippen molar-refractivity contribution in [3.63, 3.8) is 0 Å². The third-order valence-corrected chi connectivity index (χ3v) is 5.94. The second kappa shape index (κ2) is 9.43. The van der Waals surface area contributed by atoms with Crippen molar-refractivity contribution in [3.8, 4) is 0 Å². The molecule has 28 heavy (non-hydrogen) atoms. The number of para-hydroxylation sites is 1. The molecule has 0 atom stereocenters. The standard InChI is InChI=1S/C19H21FN2O5S/c1-3-22(4-2)28(25,26)15-9-7-8-14(12-15)19(24)27-13-18(23)21-17-11-6-5-10-16(17)20/h5-12H,3-4,13H2,1-2H3,(H,21,23). The number of benzene rings is 2. The number of carbonyl (C=O) groups excluding carboxylic acids is 2. The van der Waals surface area contributed by atoms with Crippen LogP contribution in [0.4, 0.5) is 10.1 Å². The number of rotatable bonds is 8. The number of nitrogens with one attached hydrogen (secondary N) is 1. The van der Waals surface area contributed by atoms with Crippen molar-refractivity contribution in [2.75, 3.05) is 25.0 Å². The molecule has 1 N–H and O–H groups in total. The number of esters is 1. The number of hydrogen-bond donors (Lipinski definition) is 1. The van der Waals surface area contributed by atoms with E-state index in [0.717, 1.165) is 0 Å². The minimum absolute atomic E-state index is 0.00748. The van der Waals surface area contributed by atoms with E-state index >= 15 is 0 Å². The highest BCUT2D eigenvalue weighted by Crippen LogP contribution is 2.17. The molecule has 0 aliphatic rings. The number of amides is 1. The summed E-state index contributed by atoms with van der Waals surface area (Å²) in [6, 6.07) is 11.0. The molecular weight excluding hydrogens is 387 g/mol. The van der Waals surface area contributed by atoms with Gasteiger partial charge in [0, 0.05) is 13.1 Å². The predicted molar refractivity (Wildman–Crippen MR) is 102 cm³/mol. The highest BCUT2D eigenvalue weighted by molar-refractivity contribution is 7.89. The largest absolute Gasteiger partial charge is 0.452 e. The van der Waals surface area contributed by atoms with Gasteiger partial charge in [0.05, 0.1) is 16.1 Å². The van der Waals surface area contributed by atoms with Gasteiger partial charge in [-0.15, -0.1) is 0 Å². The van der Waals surface area contributed by atoms with Crippen LogP contribution in [0.25, 0.3) is 0 Å². The van der Waals surface area contributed by atoms with Crippen molar-refractivity contribution < 1.29 is 27.1 Å². The number of nitrogens with zero attached hydrogens (tertiary/aromatic N) is 1. The summed E-state index contributed by atoms with van der Waals surface area (Å²) in [5, 5.41) is 2.29. The van der Waals surface area contributed by atoms with Gasteiger partial charge in [0.2, 0.25) is 10.0 Å². The Bertz CT molecular complexity index is 958. The number of sulfonamides is 1. The van der Waals surface area contributed by atoms with Crippen molar-refractivity contribution in [2.45, 2.75) is 18.7 Å². The number of hydrogen-bond acceptors (Lipinski definition) is 5. The molecule has 0 bridgehead atoms. The van der Waals surface area contributed by atoms with Crippen molar-refractivity contribution in [1.82, 2.24) is 4.31 Å². The molecule has 1 amide bonds. The molecule has 0 aromatic heterocycles. The van der Waals surface area contributed by atoms with Crippen LogP contribution in [-0.4, -0.2) is 44.3 Å². The van der Waals surface area contributed by atoms with E-state index in [0.29, 0.717) is 13.1 Å². The van der Waals surface area contributed by atoms with Gasteiger partial charge < -0.3 is 10.1 Å². The second-order valence-corrected chi connectivity index (χ2v) is 7.66. The van der Waals surface area contributed by atoms with E-state index in [1.165, 1.54) is 46.8 Å². The monoisotopic (exact) mass is 408 g/mol. The Morgan fingerprint density at radius 2 is 1.75 bits per heavy atom. The fourth-order valence-electron chi connectivity index (χ4n) is 2.46. The normalized spacial score (nSPS) is 11.3. The smallest absolute Gasteiger partial charge is 0.338 e. The minimum Gasteiger partial charge on any atom is -0.452 e. The molecule has 2 aromatic rings. The van der Waals surface area contributed by atoms with Crippen molar-refractivity contribution in [1.29, 1.82) is 0 Å². The maximum atomic E-state index is 13.5. The zero-order valence-corrected chi connectivity index (χ0v) is 16.3. The average molecular weight is 408 g/mol. The highest BCUT2D eigenvalue weighted by Gasteiger charge is 2.23. The van der Waals surface area contributed by atoms with Crippen LogP contribution >= 0.6 is 0 Å². The van der Waals surface area contributed by atoms with E-state index < -0.39 is 34.3 Å². The van der Waals surface area contributed by atoms with E-state index in [9.17, 15) is 22.4 Å². The number of ether oxygens (including phenoxy) is 1. The van der Waals surface area contributed by atoms with Gasteiger partial charge in [-0.25, -0.2) is 17.6 Å². The molecule has 0 spiro atoms. The van der Waals surface area contributed by atoms with Crippen LogP contribution in [0.2, 0.25) is 0 Å². The van der Waals surface area contributed by atoms with Crippen LogP contribution in [-0.2, 0) is 19.6 Å². The summed E-state index contributed by atoms with van der Waals surface area (Å²) >= 11 is 0. The first-order chi connectivity index (χ1) is 13.3. The van der Waals surface area contributed by atoms with Gasteiger partial charge in [-0.2, -0.15) is 4.31 Å². The summed E-state index contributed by atoms with van der Waals surface area (Å²) in [6.45, 7) is 3.38. The first kappa shape index (κ1) is 21.5. The Morgan fingerprint density at radius 1 is 1.07 bits per heavy atom. The molecule has 0 aliphatic heterocycles. The minimum atomic E-state index is -3.73. The first-order valence-electron chi connectivity index (χ1n) is 8.61. The zero-order chi connectivity index (χ0) is 20.7. The van der Waals surface area contributed by atoms with Gasteiger partial charge in [-0.3, -0.25) is 4.79 Å². The van der Waals surface area contributed by atoms with Crippen LogP contribution in [0, 0.1) is 5.82 Å². The quantitative estimate of drug-likeness (QED) is 0.678. The molecule has 0 aliphatic carbocycles. The summed E-state index contributed by atoms with van der Waals surface area (Å²) in [4.78, 5) is 24.0. The Labute approximate surface area is 163 Å². The summed E-state index contributed by atoms with van der Waals surface area (Å²) in [5.74, 6) is -2.19. The van der Waals surface area contributed by atoms with Gasteiger partial charge in [0.1, 0.15) is 5.82 Å². The van der Waals surface area contributed by atoms with E-state index in [1.807, 2.05) is 0 Å². The summed E-state index contributed by atoms with van der Waals surface area (Å²) in [5.41, 5.74) is -0.0391. The Kier molecular flexibility index (Phi) is 7.24. The highest BCUT2D eigenvalue weighted by atomic mass is 32.2. The maximum absolute atomic E-state index is 13.5. The summed E-state index contributed by atoms with van der Waals surface area (Å²) in [7, 11) is -3.73. The molecule has 0 heterocycles. The van der Waals surface area contributed by atoms with E-state index in [1.54, 1.807) is 19.9 Å². The van der Waals surface area contributed by atoms with E-state index in [2.05, 4.69) is 5.32 Å². The molecule has 2 aromatic carbocycles. The van der Waals surface area contributed by atoms with E-state index in [4.69, 9.17) is 4.74 Å². The van der Waals surface area contributed by atoms with Crippen LogP contribution in [0.1, 0.15) is 24.2 Å².